The molecule has 1 aliphatic rings. The van der Waals surface area contributed by atoms with Crippen LogP contribution in [0.4, 0.5) is 4.79 Å². The Balaban J connectivity index is 2.10. The number of hydrogen-bond donors (Lipinski definition) is 3. The van der Waals surface area contributed by atoms with Gasteiger partial charge in [-0.2, -0.15) is 0 Å². The smallest absolute Gasteiger partial charge is 0.317 e. The lowest BCUT2D eigenvalue weighted by molar-refractivity contribution is -0.120. The highest BCUT2D eigenvalue weighted by Gasteiger charge is 2.14. The Morgan fingerprint density at radius 3 is 2.47 bits per heavy atom. The monoisotopic (exact) mass is 242 g/mol. The summed E-state index contributed by atoms with van der Waals surface area (Å²) >= 11 is 0. The third-order valence-electron chi connectivity index (χ3n) is 2.85. The molecule has 1 heterocycles. The largest absolute Gasteiger partial charge is 0.354 e. The van der Waals surface area contributed by atoms with E-state index in [1.165, 1.54) is 4.90 Å². The van der Waals surface area contributed by atoms with Gasteiger partial charge >= 0.3 is 6.03 Å². The predicted octanol–water partition coefficient (Wildman–Crippen LogP) is -0.627. The van der Waals surface area contributed by atoms with Crippen molar-refractivity contribution < 1.29 is 9.59 Å². The summed E-state index contributed by atoms with van der Waals surface area (Å²) in [6, 6.07) is -0.248. The molecule has 0 aromatic rings. The molecule has 1 aliphatic heterocycles. The van der Waals surface area contributed by atoms with E-state index in [-0.39, 0.29) is 18.5 Å². The van der Waals surface area contributed by atoms with Crippen molar-refractivity contribution in [2.75, 3.05) is 40.3 Å². The van der Waals surface area contributed by atoms with Crippen LogP contribution in [-0.2, 0) is 4.79 Å². The van der Waals surface area contributed by atoms with Crippen molar-refractivity contribution in [1.29, 1.82) is 0 Å². The summed E-state index contributed by atoms with van der Waals surface area (Å²) < 4.78 is 0. The zero-order valence-corrected chi connectivity index (χ0v) is 10.6. The maximum Gasteiger partial charge on any atom is 0.317 e. The second-order valence-electron chi connectivity index (χ2n) is 4.55. The Hall–Kier alpha value is -1.30. The van der Waals surface area contributed by atoms with Gasteiger partial charge in [0, 0.05) is 20.6 Å². The summed E-state index contributed by atoms with van der Waals surface area (Å²) in [4.78, 5) is 24.0. The van der Waals surface area contributed by atoms with E-state index in [2.05, 4.69) is 16.0 Å². The van der Waals surface area contributed by atoms with Crippen molar-refractivity contribution in [2.24, 2.45) is 5.92 Å². The summed E-state index contributed by atoms with van der Waals surface area (Å²) in [5.74, 6) is 0.434. The lowest BCUT2D eigenvalue weighted by atomic mass is 9.98. The van der Waals surface area contributed by atoms with Crippen molar-refractivity contribution in [3.8, 4) is 0 Å². The Morgan fingerprint density at radius 2 is 1.88 bits per heavy atom. The molecule has 3 amide bonds. The van der Waals surface area contributed by atoms with Crippen molar-refractivity contribution in [2.45, 2.75) is 12.8 Å². The number of nitrogens with one attached hydrogen (secondary N) is 3. The highest BCUT2D eigenvalue weighted by Crippen LogP contribution is 2.09. The Kier molecular flexibility index (Phi) is 5.76. The fourth-order valence-corrected chi connectivity index (χ4v) is 1.72. The molecule has 1 saturated heterocycles. The van der Waals surface area contributed by atoms with Crippen LogP contribution in [0.25, 0.3) is 0 Å². The first-order chi connectivity index (χ1) is 8.09. The zero-order valence-electron chi connectivity index (χ0n) is 10.6. The van der Waals surface area contributed by atoms with Crippen LogP contribution in [0.1, 0.15) is 12.8 Å². The number of piperidine rings is 1. The van der Waals surface area contributed by atoms with Crippen LogP contribution in [-0.4, -0.2) is 57.1 Å². The molecule has 6 heteroatoms. The van der Waals surface area contributed by atoms with Crippen LogP contribution in [0.15, 0.2) is 0 Å². The Morgan fingerprint density at radius 1 is 1.24 bits per heavy atom. The molecular formula is C11H22N4O2. The molecule has 3 N–H and O–H groups in total. The second kappa shape index (κ2) is 7.11. The molecule has 0 radical (unpaired) electrons. The van der Waals surface area contributed by atoms with E-state index >= 15 is 0 Å². The van der Waals surface area contributed by atoms with Crippen molar-refractivity contribution in [3.63, 3.8) is 0 Å². The minimum absolute atomic E-state index is 0.0436. The van der Waals surface area contributed by atoms with Crippen LogP contribution >= 0.6 is 0 Å². The van der Waals surface area contributed by atoms with E-state index in [0.29, 0.717) is 12.5 Å². The number of carbonyl (C=O) groups excluding carboxylic acids is 2. The fourth-order valence-electron chi connectivity index (χ4n) is 1.72. The molecule has 98 valence electrons. The van der Waals surface area contributed by atoms with Gasteiger partial charge in [0.25, 0.3) is 0 Å². The first-order valence-corrected chi connectivity index (χ1v) is 6.02. The highest BCUT2D eigenvalue weighted by molar-refractivity contribution is 5.83. The minimum Gasteiger partial charge on any atom is -0.354 e. The molecule has 0 atom stereocenters. The maximum atomic E-state index is 11.5. The average Bonchev–Trinajstić information content (AvgIpc) is 2.34. The lowest BCUT2D eigenvalue weighted by Gasteiger charge is -2.22. The van der Waals surface area contributed by atoms with E-state index in [0.717, 1.165) is 25.9 Å². The molecule has 0 spiro atoms. The van der Waals surface area contributed by atoms with Gasteiger partial charge in [-0.05, 0) is 31.8 Å². The number of amides is 3. The van der Waals surface area contributed by atoms with Crippen LogP contribution in [0.2, 0.25) is 0 Å². The molecule has 6 nitrogen and oxygen atoms in total. The summed E-state index contributed by atoms with van der Waals surface area (Å²) in [5.41, 5.74) is 0. The van der Waals surface area contributed by atoms with Crippen LogP contribution in [0, 0.1) is 5.92 Å². The van der Waals surface area contributed by atoms with E-state index < -0.39 is 0 Å². The molecule has 0 aromatic carbocycles. The van der Waals surface area contributed by atoms with E-state index in [1.807, 2.05) is 0 Å². The molecule has 1 rings (SSSR count). The van der Waals surface area contributed by atoms with Crippen molar-refractivity contribution >= 4 is 11.9 Å². The van der Waals surface area contributed by atoms with Gasteiger partial charge < -0.3 is 20.9 Å². The normalized spacial score (nSPS) is 16.4. The van der Waals surface area contributed by atoms with E-state index in [1.54, 1.807) is 14.1 Å². The number of nitrogens with zero attached hydrogens (tertiary/aromatic N) is 1. The number of urea groups is 1. The molecule has 17 heavy (non-hydrogen) atoms. The molecule has 0 aliphatic carbocycles. The van der Waals surface area contributed by atoms with E-state index in [4.69, 9.17) is 0 Å². The second-order valence-corrected chi connectivity index (χ2v) is 4.55. The van der Waals surface area contributed by atoms with Gasteiger partial charge in [0.05, 0.1) is 6.54 Å². The van der Waals surface area contributed by atoms with Gasteiger partial charge in [0.2, 0.25) is 5.91 Å². The summed E-state index contributed by atoms with van der Waals surface area (Å²) in [6.45, 7) is 2.80. The van der Waals surface area contributed by atoms with Crippen LogP contribution < -0.4 is 16.0 Å². The molecule has 1 fully saturated rings. The number of rotatable bonds is 4. The molecule has 0 aromatic heterocycles. The van der Waals surface area contributed by atoms with Gasteiger partial charge in [-0.25, -0.2) is 4.79 Å². The van der Waals surface area contributed by atoms with Crippen LogP contribution in [0.5, 0.6) is 0 Å². The topological polar surface area (TPSA) is 73.5 Å². The van der Waals surface area contributed by atoms with Gasteiger partial charge in [0.1, 0.15) is 0 Å². The quantitative estimate of drug-likeness (QED) is 0.615. The average molecular weight is 242 g/mol. The summed E-state index contributed by atoms with van der Waals surface area (Å²) in [7, 11) is 3.28. The molecular weight excluding hydrogens is 220 g/mol. The third kappa shape index (κ3) is 5.53. The van der Waals surface area contributed by atoms with E-state index in [9.17, 15) is 9.59 Å². The van der Waals surface area contributed by atoms with Gasteiger partial charge in [0.15, 0.2) is 0 Å². The first-order valence-electron chi connectivity index (χ1n) is 6.02. The standard InChI is InChI=1S/C11H22N4O2/c1-15(2)11(17)14-8-10(16)13-7-9-3-5-12-6-4-9/h9,12H,3-8H2,1-2H3,(H,13,16)(H,14,17). The van der Waals surface area contributed by atoms with Gasteiger partial charge in [-0.3, -0.25) is 4.79 Å². The SMILES string of the molecule is CN(C)C(=O)NCC(=O)NCC1CCNCC1. The summed E-state index contributed by atoms with van der Waals surface area (Å²) in [6.07, 6.45) is 2.20. The maximum absolute atomic E-state index is 11.5. The Labute approximate surface area is 102 Å². The summed E-state index contributed by atoms with van der Waals surface area (Å²) in [5, 5.41) is 8.66. The molecule has 0 unspecified atom stereocenters. The Bertz CT molecular complexity index is 262. The number of carbonyl (C=O) groups is 2. The molecule has 0 bridgehead atoms. The minimum atomic E-state index is -0.248. The van der Waals surface area contributed by atoms with Crippen LogP contribution in [0.3, 0.4) is 0 Å². The zero-order chi connectivity index (χ0) is 12.7. The van der Waals surface area contributed by atoms with Crippen molar-refractivity contribution in [3.05, 3.63) is 0 Å². The van der Waals surface area contributed by atoms with Crippen molar-refractivity contribution in [1.82, 2.24) is 20.9 Å². The third-order valence-corrected chi connectivity index (χ3v) is 2.85. The van der Waals surface area contributed by atoms with Gasteiger partial charge in [-0.15, -0.1) is 0 Å². The highest BCUT2D eigenvalue weighted by atomic mass is 16.2. The number of hydrogen-bond acceptors (Lipinski definition) is 3. The predicted molar refractivity (Wildman–Crippen MR) is 65.7 cm³/mol. The lowest BCUT2D eigenvalue weighted by Crippen LogP contribution is -2.43. The van der Waals surface area contributed by atoms with Gasteiger partial charge in [-0.1, -0.05) is 0 Å². The fraction of sp³-hybridized carbons (Fsp3) is 0.818. The first kappa shape index (κ1) is 13.8. The molecule has 0 saturated carbocycles.